The van der Waals surface area contributed by atoms with Crippen LogP contribution in [0.15, 0.2) is 18.2 Å². The molecule has 1 aromatic carbocycles. The van der Waals surface area contributed by atoms with Gasteiger partial charge in [0.15, 0.2) is 0 Å². The van der Waals surface area contributed by atoms with Gasteiger partial charge >= 0.3 is 12.1 Å². The molecule has 1 unspecified atom stereocenters. The highest BCUT2D eigenvalue weighted by Crippen LogP contribution is 2.37. The van der Waals surface area contributed by atoms with Crippen molar-refractivity contribution < 1.29 is 31.9 Å². The van der Waals surface area contributed by atoms with Gasteiger partial charge in [-0.1, -0.05) is 0 Å². The number of nitrogens with two attached hydrogens (primary N) is 1. The van der Waals surface area contributed by atoms with Gasteiger partial charge in [-0.2, -0.15) is 13.2 Å². The molecule has 1 rings (SSSR count). The number of carbonyl (C=O) groups is 1. The van der Waals surface area contributed by atoms with Crippen molar-refractivity contribution in [2.24, 2.45) is 5.73 Å². The normalized spacial score (nSPS) is 15.4. The standard InChI is InChI=1S/C9H6F5NO2/c10-5-1-4(2-6(11)3-5)8(15,7(16)17)9(12,13)14/h1-3H,15H2,(H,16,17). The Morgan fingerprint density at radius 1 is 1.12 bits per heavy atom. The molecule has 0 spiro atoms. The number of halogens is 5. The van der Waals surface area contributed by atoms with Crippen LogP contribution in [0.2, 0.25) is 0 Å². The Balaban J connectivity index is 3.49. The van der Waals surface area contributed by atoms with Crippen LogP contribution >= 0.6 is 0 Å². The Hall–Kier alpha value is -1.70. The molecule has 0 fully saturated rings. The third-order valence-electron chi connectivity index (χ3n) is 2.10. The van der Waals surface area contributed by atoms with Gasteiger partial charge in [0, 0.05) is 6.07 Å². The first kappa shape index (κ1) is 13.4. The zero-order valence-electron chi connectivity index (χ0n) is 8.05. The average molecular weight is 255 g/mol. The van der Waals surface area contributed by atoms with E-state index in [1.54, 1.807) is 0 Å². The van der Waals surface area contributed by atoms with E-state index in [-0.39, 0.29) is 12.1 Å². The molecule has 3 nitrogen and oxygen atoms in total. The minimum absolute atomic E-state index is 0.227. The minimum Gasteiger partial charge on any atom is -0.479 e. The summed E-state index contributed by atoms with van der Waals surface area (Å²) in [5.41, 5.74) is -0.345. The summed E-state index contributed by atoms with van der Waals surface area (Å²) in [5.74, 6) is -5.14. The molecule has 0 aromatic heterocycles. The Kier molecular flexibility index (Phi) is 3.11. The van der Waals surface area contributed by atoms with Gasteiger partial charge in [-0.25, -0.2) is 13.6 Å². The van der Waals surface area contributed by atoms with E-state index >= 15 is 0 Å². The minimum atomic E-state index is -5.39. The molecule has 1 aromatic rings. The molecule has 0 heterocycles. The second-order valence-electron chi connectivity index (χ2n) is 3.27. The highest BCUT2D eigenvalue weighted by atomic mass is 19.4. The summed E-state index contributed by atoms with van der Waals surface area (Å²) in [6, 6.07) is 0.761. The lowest BCUT2D eigenvalue weighted by Gasteiger charge is -2.27. The SMILES string of the molecule is NC(C(=O)O)(c1cc(F)cc(F)c1)C(F)(F)F. The molecule has 0 bridgehead atoms. The fourth-order valence-electron chi connectivity index (χ4n) is 1.19. The maximum atomic E-state index is 12.8. The van der Waals surface area contributed by atoms with Crippen LogP contribution < -0.4 is 5.73 Å². The van der Waals surface area contributed by atoms with Gasteiger partial charge in [0.05, 0.1) is 0 Å². The van der Waals surface area contributed by atoms with Crippen LogP contribution in [0.1, 0.15) is 5.56 Å². The predicted molar refractivity (Wildman–Crippen MR) is 45.9 cm³/mol. The van der Waals surface area contributed by atoms with Crippen LogP contribution in [0.3, 0.4) is 0 Å². The highest BCUT2D eigenvalue weighted by molar-refractivity contribution is 5.81. The highest BCUT2D eigenvalue weighted by Gasteiger charge is 2.59. The molecule has 0 aliphatic carbocycles. The molecule has 0 aliphatic heterocycles. The van der Waals surface area contributed by atoms with Gasteiger partial charge in [0.1, 0.15) is 11.6 Å². The van der Waals surface area contributed by atoms with Crippen LogP contribution in [0.25, 0.3) is 0 Å². The molecular weight excluding hydrogens is 249 g/mol. The molecule has 17 heavy (non-hydrogen) atoms. The molecule has 1 atom stereocenters. The largest absolute Gasteiger partial charge is 0.479 e. The van der Waals surface area contributed by atoms with Crippen LogP contribution in [0.5, 0.6) is 0 Å². The molecule has 0 saturated carbocycles. The van der Waals surface area contributed by atoms with E-state index in [9.17, 15) is 26.7 Å². The van der Waals surface area contributed by atoms with E-state index in [1.165, 1.54) is 0 Å². The van der Waals surface area contributed by atoms with Gasteiger partial charge < -0.3 is 10.8 Å². The van der Waals surface area contributed by atoms with Crippen LogP contribution in [-0.2, 0) is 10.3 Å². The maximum Gasteiger partial charge on any atom is 0.421 e. The van der Waals surface area contributed by atoms with E-state index < -0.39 is 34.9 Å². The van der Waals surface area contributed by atoms with E-state index in [0.717, 1.165) is 0 Å². The van der Waals surface area contributed by atoms with Gasteiger partial charge in [-0.15, -0.1) is 0 Å². The van der Waals surface area contributed by atoms with Gasteiger partial charge in [-0.05, 0) is 17.7 Å². The monoisotopic (exact) mass is 255 g/mol. The Bertz CT molecular complexity index is 439. The second kappa shape index (κ2) is 3.95. The number of hydrogen-bond acceptors (Lipinski definition) is 2. The third-order valence-corrected chi connectivity index (χ3v) is 2.10. The third kappa shape index (κ3) is 2.21. The van der Waals surface area contributed by atoms with Crippen molar-refractivity contribution in [1.29, 1.82) is 0 Å². The first-order chi connectivity index (χ1) is 7.59. The van der Waals surface area contributed by atoms with Crippen molar-refractivity contribution in [3.8, 4) is 0 Å². The van der Waals surface area contributed by atoms with Crippen LogP contribution in [0.4, 0.5) is 22.0 Å². The number of carboxylic acid groups (broad SMARTS) is 1. The lowest BCUT2D eigenvalue weighted by atomic mass is 9.90. The van der Waals surface area contributed by atoms with Crippen molar-refractivity contribution in [2.45, 2.75) is 11.7 Å². The Labute approximate surface area is 91.6 Å². The average Bonchev–Trinajstić information content (AvgIpc) is 2.12. The van der Waals surface area contributed by atoms with Crippen molar-refractivity contribution in [3.05, 3.63) is 35.4 Å². The van der Waals surface area contributed by atoms with Crippen LogP contribution in [0, 0.1) is 11.6 Å². The van der Waals surface area contributed by atoms with Gasteiger partial charge in [-0.3, -0.25) is 0 Å². The number of aliphatic carboxylic acids is 1. The second-order valence-corrected chi connectivity index (χ2v) is 3.27. The number of hydrogen-bond donors (Lipinski definition) is 2. The summed E-state index contributed by atoms with van der Waals surface area (Å²) in [7, 11) is 0. The van der Waals surface area contributed by atoms with Gasteiger partial charge in [0.2, 0.25) is 5.54 Å². The summed E-state index contributed by atoms with van der Waals surface area (Å²) in [6.07, 6.45) is -5.39. The van der Waals surface area contributed by atoms with E-state index in [1.807, 2.05) is 0 Å². The molecule has 0 radical (unpaired) electrons. The molecule has 94 valence electrons. The molecule has 0 amide bonds. The van der Waals surface area contributed by atoms with Gasteiger partial charge in [0.25, 0.3) is 0 Å². The number of alkyl halides is 3. The summed E-state index contributed by atoms with van der Waals surface area (Å²) in [5, 5.41) is 8.51. The fourth-order valence-corrected chi connectivity index (χ4v) is 1.19. The molecule has 3 N–H and O–H groups in total. The molecule has 0 aliphatic rings. The van der Waals surface area contributed by atoms with Crippen molar-refractivity contribution in [2.75, 3.05) is 0 Å². The molecular formula is C9H6F5NO2. The fraction of sp³-hybridized carbons (Fsp3) is 0.222. The zero-order valence-corrected chi connectivity index (χ0v) is 8.05. The molecule has 8 heteroatoms. The van der Waals surface area contributed by atoms with E-state index in [4.69, 9.17) is 10.8 Å². The molecule has 0 saturated heterocycles. The zero-order chi connectivity index (χ0) is 13.4. The smallest absolute Gasteiger partial charge is 0.421 e. The first-order valence-electron chi connectivity index (χ1n) is 4.14. The topological polar surface area (TPSA) is 63.3 Å². The Morgan fingerprint density at radius 3 is 1.82 bits per heavy atom. The summed E-state index contributed by atoms with van der Waals surface area (Å²) < 4.78 is 63.2. The summed E-state index contributed by atoms with van der Waals surface area (Å²) in [4.78, 5) is 10.6. The summed E-state index contributed by atoms with van der Waals surface area (Å²) >= 11 is 0. The Morgan fingerprint density at radius 2 is 1.53 bits per heavy atom. The lowest BCUT2D eigenvalue weighted by molar-refractivity contribution is -0.204. The number of benzene rings is 1. The number of carboxylic acids is 1. The van der Waals surface area contributed by atoms with Crippen molar-refractivity contribution >= 4 is 5.97 Å². The number of rotatable bonds is 2. The summed E-state index contributed by atoms with van der Waals surface area (Å²) in [6.45, 7) is 0. The van der Waals surface area contributed by atoms with Crippen molar-refractivity contribution in [1.82, 2.24) is 0 Å². The van der Waals surface area contributed by atoms with Crippen LogP contribution in [-0.4, -0.2) is 17.3 Å². The quantitative estimate of drug-likeness (QED) is 0.791. The van der Waals surface area contributed by atoms with E-state index in [0.29, 0.717) is 6.07 Å². The van der Waals surface area contributed by atoms with Crippen molar-refractivity contribution in [3.63, 3.8) is 0 Å². The van der Waals surface area contributed by atoms with E-state index in [2.05, 4.69) is 0 Å². The predicted octanol–water partition coefficient (Wildman–Crippen LogP) is 1.77. The first-order valence-corrected chi connectivity index (χ1v) is 4.14. The maximum absolute atomic E-state index is 12.8. The lowest BCUT2D eigenvalue weighted by Crippen LogP contribution is -2.56.